The Hall–Kier alpha value is -1.59. The van der Waals surface area contributed by atoms with Crippen molar-refractivity contribution in [3.8, 4) is 0 Å². The van der Waals surface area contributed by atoms with Gasteiger partial charge in [0.2, 0.25) is 17.8 Å². The monoisotopic (exact) mass is 276 g/mol. The van der Waals surface area contributed by atoms with Crippen molar-refractivity contribution < 1.29 is 0 Å². The second-order valence-electron chi connectivity index (χ2n) is 5.78. The number of hydrogen-bond donors (Lipinski definition) is 2. The molecule has 1 aliphatic carbocycles. The molecule has 20 heavy (non-hydrogen) atoms. The summed E-state index contributed by atoms with van der Waals surface area (Å²) in [5.74, 6) is 2.97. The Bertz CT molecular complexity index is 453. The molecule has 6 heteroatoms. The van der Waals surface area contributed by atoms with Gasteiger partial charge in [0.1, 0.15) is 0 Å². The normalized spacial score (nSPS) is 20.0. The second kappa shape index (κ2) is 5.81. The molecule has 1 unspecified atom stereocenters. The molecule has 1 aromatic rings. The minimum absolute atomic E-state index is 0.443. The maximum absolute atomic E-state index is 4.60. The van der Waals surface area contributed by atoms with E-state index in [0.29, 0.717) is 17.9 Å². The van der Waals surface area contributed by atoms with Crippen LogP contribution in [0.4, 0.5) is 17.8 Å². The highest BCUT2D eigenvalue weighted by Crippen LogP contribution is 2.33. The Morgan fingerprint density at radius 2 is 1.85 bits per heavy atom. The fourth-order valence-electron chi connectivity index (χ4n) is 2.64. The van der Waals surface area contributed by atoms with Gasteiger partial charge in [0.25, 0.3) is 0 Å². The average molecular weight is 276 g/mol. The van der Waals surface area contributed by atoms with Crippen LogP contribution in [0.5, 0.6) is 0 Å². The first-order chi connectivity index (χ1) is 9.76. The minimum atomic E-state index is 0.443. The molecule has 0 spiro atoms. The number of rotatable bonds is 6. The van der Waals surface area contributed by atoms with Gasteiger partial charge in [-0.25, -0.2) is 0 Å². The van der Waals surface area contributed by atoms with E-state index < -0.39 is 0 Å². The van der Waals surface area contributed by atoms with Gasteiger partial charge in [-0.05, 0) is 45.4 Å². The lowest BCUT2D eigenvalue weighted by Gasteiger charge is -2.18. The standard InChI is InChI=1S/C14H24N6/c1-3-15-12-17-13(16-10(2)11-6-7-11)19-14(18-12)20-8-4-5-9-20/h10-11H,3-9H2,1-2H3,(H2,15,16,17,18,19). The fraction of sp³-hybridized carbons (Fsp3) is 0.786. The van der Waals surface area contributed by atoms with E-state index in [2.05, 4.69) is 44.3 Å². The van der Waals surface area contributed by atoms with Gasteiger partial charge in [-0.2, -0.15) is 15.0 Å². The molecule has 3 rings (SSSR count). The molecule has 2 heterocycles. The molecule has 2 fully saturated rings. The molecule has 0 aromatic carbocycles. The van der Waals surface area contributed by atoms with Crippen LogP contribution in [0.3, 0.4) is 0 Å². The van der Waals surface area contributed by atoms with E-state index in [0.717, 1.165) is 31.5 Å². The van der Waals surface area contributed by atoms with E-state index >= 15 is 0 Å². The summed E-state index contributed by atoms with van der Waals surface area (Å²) in [6, 6.07) is 0.443. The average Bonchev–Trinajstić information content (AvgIpc) is 3.14. The molecular formula is C14H24N6. The summed E-state index contributed by atoms with van der Waals surface area (Å²) in [5.41, 5.74) is 0. The topological polar surface area (TPSA) is 66.0 Å². The van der Waals surface area contributed by atoms with Crippen LogP contribution in [0.15, 0.2) is 0 Å². The van der Waals surface area contributed by atoms with Gasteiger partial charge < -0.3 is 15.5 Å². The number of hydrogen-bond acceptors (Lipinski definition) is 6. The zero-order valence-corrected chi connectivity index (χ0v) is 12.4. The van der Waals surface area contributed by atoms with Crippen molar-refractivity contribution >= 4 is 17.8 Å². The maximum atomic E-state index is 4.60. The van der Waals surface area contributed by atoms with Crippen LogP contribution in [0.25, 0.3) is 0 Å². The van der Waals surface area contributed by atoms with Crippen LogP contribution in [-0.2, 0) is 0 Å². The van der Waals surface area contributed by atoms with Crippen molar-refractivity contribution in [3.05, 3.63) is 0 Å². The van der Waals surface area contributed by atoms with Gasteiger partial charge in [-0.1, -0.05) is 0 Å². The van der Waals surface area contributed by atoms with Crippen LogP contribution in [0.2, 0.25) is 0 Å². The highest BCUT2D eigenvalue weighted by atomic mass is 15.3. The van der Waals surface area contributed by atoms with Crippen molar-refractivity contribution in [3.63, 3.8) is 0 Å². The van der Waals surface area contributed by atoms with Crippen molar-refractivity contribution in [2.45, 2.75) is 45.6 Å². The molecule has 0 amide bonds. The fourth-order valence-corrected chi connectivity index (χ4v) is 2.64. The Morgan fingerprint density at radius 1 is 1.15 bits per heavy atom. The molecule has 1 saturated heterocycles. The van der Waals surface area contributed by atoms with Crippen molar-refractivity contribution in [2.24, 2.45) is 5.92 Å². The number of anilines is 3. The zero-order chi connectivity index (χ0) is 13.9. The van der Waals surface area contributed by atoms with E-state index in [1.54, 1.807) is 0 Å². The Balaban J connectivity index is 1.79. The summed E-state index contributed by atoms with van der Waals surface area (Å²) in [7, 11) is 0. The largest absolute Gasteiger partial charge is 0.354 e. The first kappa shape index (κ1) is 13.4. The van der Waals surface area contributed by atoms with Gasteiger partial charge in [0.15, 0.2) is 0 Å². The third-order valence-electron chi connectivity index (χ3n) is 4.03. The van der Waals surface area contributed by atoms with E-state index in [9.17, 15) is 0 Å². The summed E-state index contributed by atoms with van der Waals surface area (Å²) in [5, 5.41) is 6.64. The molecule has 1 aliphatic heterocycles. The summed E-state index contributed by atoms with van der Waals surface area (Å²) in [6.07, 6.45) is 5.09. The molecule has 110 valence electrons. The van der Waals surface area contributed by atoms with Gasteiger partial charge in [-0.3, -0.25) is 0 Å². The van der Waals surface area contributed by atoms with Gasteiger partial charge in [0.05, 0.1) is 0 Å². The second-order valence-corrected chi connectivity index (χ2v) is 5.78. The van der Waals surface area contributed by atoms with Crippen molar-refractivity contribution in [2.75, 3.05) is 35.2 Å². The van der Waals surface area contributed by atoms with Crippen LogP contribution in [0.1, 0.15) is 39.5 Å². The highest BCUT2D eigenvalue weighted by Gasteiger charge is 2.28. The predicted molar refractivity (Wildman–Crippen MR) is 81.2 cm³/mol. The summed E-state index contributed by atoms with van der Waals surface area (Å²) >= 11 is 0. The lowest BCUT2D eigenvalue weighted by Crippen LogP contribution is -2.24. The van der Waals surface area contributed by atoms with Gasteiger partial charge in [0, 0.05) is 25.7 Å². The third kappa shape index (κ3) is 3.11. The molecule has 1 atom stereocenters. The molecule has 2 aliphatic rings. The molecule has 1 saturated carbocycles. The highest BCUT2D eigenvalue weighted by molar-refractivity contribution is 5.44. The van der Waals surface area contributed by atoms with E-state index in [4.69, 9.17) is 0 Å². The predicted octanol–water partition coefficient (Wildman–Crippen LogP) is 2.11. The van der Waals surface area contributed by atoms with E-state index in [-0.39, 0.29) is 0 Å². The third-order valence-corrected chi connectivity index (χ3v) is 4.03. The first-order valence-corrected chi connectivity index (χ1v) is 7.77. The quantitative estimate of drug-likeness (QED) is 0.829. The Kier molecular flexibility index (Phi) is 3.89. The minimum Gasteiger partial charge on any atom is -0.354 e. The Morgan fingerprint density at radius 3 is 2.50 bits per heavy atom. The molecular weight excluding hydrogens is 252 g/mol. The lowest BCUT2D eigenvalue weighted by molar-refractivity contribution is 0.684. The Labute approximate surface area is 120 Å². The van der Waals surface area contributed by atoms with Crippen LogP contribution >= 0.6 is 0 Å². The smallest absolute Gasteiger partial charge is 0.231 e. The van der Waals surface area contributed by atoms with Crippen LogP contribution in [0, 0.1) is 5.92 Å². The van der Waals surface area contributed by atoms with Crippen molar-refractivity contribution in [1.82, 2.24) is 15.0 Å². The van der Waals surface area contributed by atoms with Gasteiger partial charge in [-0.15, -0.1) is 0 Å². The number of aromatic nitrogens is 3. The van der Waals surface area contributed by atoms with Crippen LogP contribution in [-0.4, -0.2) is 40.6 Å². The van der Waals surface area contributed by atoms with E-state index in [1.165, 1.54) is 25.7 Å². The van der Waals surface area contributed by atoms with Gasteiger partial charge >= 0.3 is 0 Å². The SMILES string of the molecule is CCNc1nc(NC(C)C2CC2)nc(N2CCCC2)n1. The molecule has 6 nitrogen and oxygen atoms in total. The molecule has 0 bridgehead atoms. The van der Waals surface area contributed by atoms with Crippen molar-refractivity contribution in [1.29, 1.82) is 0 Å². The maximum Gasteiger partial charge on any atom is 0.231 e. The summed E-state index contributed by atoms with van der Waals surface area (Å²) in [4.78, 5) is 15.8. The lowest BCUT2D eigenvalue weighted by atomic mass is 10.2. The molecule has 2 N–H and O–H groups in total. The number of nitrogens with one attached hydrogen (secondary N) is 2. The van der Waals surface area contributed by atoms with E-state index in [1.807, 2.05) is 0 Å². The summed E-state index contributed by atoms with van der Waals surface area (Å²) < 4.78 is 0. The molecule has 0 radical (unpaired) electrons. The molecule has 1 aromatic heterocycles. The van der Waals surface area contributed by atoms with Crippen LogP contribution < -0.4 is 15.5 Å². The zero-order valence-electron chi connectivity index (χ0n) is 12.4. The summed E-state index contributed by atoms with van der Waals surface area (Å²) in [6.45, 7) is 7.19. The first-order valence-electron chi connectivity index (χ1n) is 7.77. The number of nitrogens with zero attached hydrogens (tertiary/aromatic N) is 4.